The molecule has 2 aromatic rings. The van der Waals surface area contributed by atoms with Gasteiger partial charge in [-0.1, -0.05) is 37.6 Å². The second-order valence-electron chi connectivity index (χ2n) is 9.78. The van der Waals surface area contributed by atoms with E-state index in [9.17, 15) is 19.1 Å². The van der Waals surface area contributed by atoms with Gasteiger partial charge in [0.15, 0.2) is 0 Å². The van der Waals surface area contributed by atoms with E-state index in [1.807, 2.05) is 13.0 Å². The van der Waals surface area contributed by atoms with Gasteiger partial charge in [0.05, 0.1) is 31.0 Å². The molecular formula is C29H39FN2O5. The summed E-state index contributed by atoms with van der Waals surface area (Å²) in [7, 11) is 0. The summed E-state index contributed by atoms with van der Waals surface area (Å²) >= 11 is 0. The number of urea groups is 1. The van der Waals surface area contributed by atoms with Crippen LogP contribution in [0.4, 0.5) is 14.9 Å². The maximum atomic E-state index is 13.5. The van der Waals surface area contributed by atoms with Crippen LogP contribution in [-0.4, -0.2) is 53.4 Å². The molecule has 1 aliphatic rings. The fourth-order valence-corrected chi connectivity index (χ4v) is 4.94. The molecule has 37 heavy (non-hydrogen) atoms. The Morgan fingerprint density at radius 1 is 1.16 bits per heavy atom. The SMILES string of the molecule is CCCC(C)N(CCO[C@H]1CCC[C@@H](OCc2cccc(C)c2C(=O)O)C1)C(=O)Nc1cccc(F)c1. The van der Waals surface area contributed by atoms with Crippen LogP contribution >= 0.6 is 0 Å². The number of anilines is 1. The second kappa shape index (κ2) is 14.1. The fourth-order valence-electron chi connectivity index (χ4n) is 4.94. The van der Waals surface area contributed by atoms with Crippen molar-refractivity contribution in [3.05, 3.63) is 65.0 Å². The molecule has 2 aromatic carbocycles. The predicted molar refractivity (Wildman–Crippen MR) is 141 cm³/mol. The zero-order valence-corrected chi connectivity index (χ0v) is 22.0. The number of benzene rings is 2. The first-order valence-corrected chi connectivity index (χ1v) is 13.2. The highest BCUT2D eigenvalue weighted by Crippen LogP contribution is 2.26. The first kappa shape index (κ1) is 28.6. The Hall–Kier alpha value is -2.97. The number of carbonyl (C=O) groups excluding carboxylic acids is 1. The molecule has 1 aliphatic carbocycles. The van der Waals surface area contributed by atoms with Crippen LogP contribution in [0.5, 0.6) is 0 Å². The number of rotatable bonds is 12. The number of hydrogen-bond donors (Lipinski definition) is 2. The van der Waals surface area contributed by atoms with Gasteiger partial charge in [0.25, 0.3) is 0 Å². The number of ether oxygens (including phenoxy) is 2. The predicted octanol–water partition coefficient (Wildman–Crippen LogP) is 6.40. The molecule has 3 rings (SSSR count). The average molecular weight is 515 g/mol. The summed E-state index contributed by atoms with van der Waals surface area (Å²) in [5.41, 5.74) is 2.14. The van der Waals surface area contributed by atoms with Crippen LogP contribution in [0.15, 0.2) is 42.5 Å². The van der Waals surface area contributed by atoms with Crippen LogP contribution in [0.3, 0.4) is 0 Å². The van der Waals surface area contributed by atoms with Crippen molar-refractivity contribution < 1.29 is 28.6 Å². The Morgan fingerprint density at radius 2 is 1.89 bits per heavy atom. The number of carboxylic acid groups (broad SMARTS) is 1. The molecule has 0 aromatic heterocycles. The zero-order valence-electron chi connectivity index (χ0n) is 22.0. The minimum Gasteiger partial charge on any atom is -0.478 e. The van der Waals surface area contributed by atoms with Crippen molar-refractivity contribution in [3.8, 4) is 0 Å². The third-order valence-electron chi connectivity index (χ3n) is 6.89. The van der Waals surface area contributed by atoms with Crippen molar-refractivity contribution >= 4 is 17.7 Å². The molecule has 0 aliphatic heterocycles. The molecule has 0 bridgehead atoms. The highest BCUT2D eigenvalue weighted by molar-refractivity contribution is 5.91. The van der Waals surface area contributed by atoms with E-state index in [-0.39, 0.29) is 30.9 Å². The van der Waals surface area contributed by atoms with Crippen LogP contribution in [-0.2, 0) is 16.1 Å². The number of nitrogens with zero attached hydrogens (tertiary/aromatic N) is 1. The van der Waals surface area contributed by atoms with Gasteiger partial charge >= 0.3 is 12.0 Å². The Kier molecular flexibility index (Phi) is 10.9. The number of hydrogen-bond acceptors (Lipinski definition) is 4. The molecule has 1 fully saturated rings. The number of carbonyl (C=O) groups is 2. The van der Waals surface area contributed by atoms with E-state index in [0.717, 1.165) is 44.1 Å². The molecule has 7 nitrogen and oxygen atoms in total. The molecule has 8 heteroatoms. The molecule has 202 valence electrons. The van der Waals surface area contributed by atoms with Crippen molar-refractivity contribution in [1.29, 1.82) is 0 Å². The third-order valence-corrected chi connectivity index (χ3v) is 6.89. The topological polar surface area (TPSA) is 88.1 Å². The van der Waals surface area contributed by atoms with Crippen molar-refractivity contribution in [2.45, 2.75) is 84.2 Å². The monoisotopic (exact) mass is 514 g/mol. The summed E-state index contributed by atoms with van der Waals surface area (Å²) < 4.78 is 25.8. The molecule has 1 unspecified atom stereocenters. The van der Waals surface area contributed by atoms with Crippen molar-refractivity contribution in [3.63, 3.8) is 0 Å². The van der Waals surface area contributed by atoms with Gasteiger partial charge in [-0.05, 0) is 75.3 Å². The molecule has 0 spiro atoms. The maximum absolute atomic E-state index is 13.5. The van der Waals surface area contributed by atoms with Crippen LogP contribution < -0.4 is 5.32 Å². The van der Waals surface area contributed by atoms with Gasteiger partial charge in [0.1, 0.15) is 5.82 Å². The van der Waals surface area contributed by atoms with Crippen LogP contribution in [0.25, 0.3) is 0 Å². The van der Waals surface area contributed by atoms with Gasteiger partial charge in [-0.25, -0.2) is 14.0 Å². The summed E-state index contributed by atoms with van der Waals surface area (Å²) in [6.45, 7) is 6.95. The van der Waals surface area contributed by atoms with E-state index in [1.165, 1.54) is 12.1 Å². The first-order chi connectivity index (χ1) is 17.8. The Balaban J connectivity index is 1.51. The molecular weight excluding hydrogens is 475 g/mol. The highest BCUT2D eigenvalue weighted by Gasteiger charge is 2.25. The molecule has 2 N–H and O–H groups in total. The lowest BCUT2D eigenvalue weighted by atomic mass is 9.94. The fraction of sp³-hybridized carbons (Fsp3) is 0.517. The number of aryl methyl sites for hydroxylation is 1. The summed E-state index contributed by atoms with van der Waals surface area (Å²) in [4.78, 5) is 26.4. The zero-order chi connectivity index (χ0) is 26.8. The van der Waals surface area contributed by atoms with Crippen LogP contribution in [0.1, 0.15) is 73.9 Å². The summed E-state index contributed by atoms with van der Waals surface area (Å²) in [6.07, 6.45) is 5.33. The van der Waals surface area contributed by atoms with Gasteiger partial charge in [-0.3, -0.25) is 0 Å². The molecule has 0 heterocycles. The smallest absolute Gasteiger partial charge is 0.336 e. The van der Waals surface area contributed by atoms with Gasteiger partial charge in [0, 0.05) is 18.3 Å². The Morgan fingerprint density at radius 3 is 2.59 bits per heavy atom. The number of carboxylic acids is 1. The molecule has 3 atom stereocenters. The van der Waals surface area contributed by atoms with E-state index in [4.69, 9.17) is 9.47 Å². The lowest BCUT2D eigenvalue weighted by Crippen LogP contribution is -2.44. The number of nitrogens with one attached hydrogen (secondary N) is 1. The third kappa shape index (κ3) is 8.54. The van der Waals surface area contributed by atoms with Crippen molar-refractivity contribution in [1.82, 2.24) is 4.90 Å². The van der Waals surface area contributed by atoms with E-state index in [0.29, 0.717) is 30.0 Å². The lowest BCUT2D eigenvalue weighted by Gasteiger charge is -2.32. The maximum Gasteiger partial charge on any atom is 0.336 e. The summed E-state index contributed by atoms with van der Waals surface area (Å²) in [5.74, 6) is -1.34. The second-order valence-corrected chi connectivity index (χ2v) is 9.78. The Labute approximate surface area is 219 Å². The summed E-state index contributed by atoms with van der Waals surface area (Å²) in [6, 6.07) is 11.1. The molecule has 0 radical (unpaired) electrons. The van der Waals surface area contributed by atoms with Gasteiger partial charge in [-0.2, -0.15) is 0 Å². The Bertz CT molecular complexity index is 1050. The normalized spacial score (nSPS) is 18.3. The molecule has 2 amide bonds. The number of aromatic carboxylic acids is 1. The van der Waals surface area contributed by atoms with Crippen molar-refractivity contribution in [2.24, 2.45) is 0 Å². The van der Waals surface area contributed by atoms with E-state index in [1.54, 1.807) is 36.1 Å². The first-order valence-electron chi connectivity index (χ1n) is 13.2. The average Bonchev–Trinajstić information content (AvgIpc) is 2.85. The van der Waals surface area contributed by atoms with E-state index < -0.39 is 11.8 Å². The molecule has 0 saturated heterocycles. The largest absolute Gasteiger partial charge is 0.478 e. The lowest BCUT2D eigenvalue weighted by molar-refractivity contribution is -0.0531. The van der Waals surface area contributed by atoms with Crippen LogP contribution in [0, 0.1) is 12.7 Å². The van der Waals surface area contributed by atoms with E-state index >= 15 is 0 Å². The van der Waals surface area contributed by atoms with Gasteiger partial charge in [0.2, 0.25) is 0 Å². The summed E-state index contributed by atoms with van der Waals surface area (Å²) in [5, 5.41) is 12.3. The highest BCUT2D eigenvalue weighted by atomic mass is 19.1. The standard InChI is InChI=1S/C29H39FN2O5/c1-4-8-21(3)32(29(35)31-24-12-6-11-23(30)17-24)15-16-36-25-13-7-14-26(18-25)37-19-22-10-5-9-20(2)27(22)28(33)34/h5-6,9-12,17,21,25-26H,4,7-8,13-16,18-19H2,1-3H3,(H,31,35)(H,33,34)/t21?,25-,26+/m0/s1. The van der Waals surface area contributed by atoms with Crippen molar-refractivity contribution in [2.75, 3.05) is 18.5 Å². The van der Waals surface area contributed by atoms with Gasteiger partial charge in [-0.15, -0.1) is 0 Å². The van der Waals surface area contributed by atoms with Crippen LogP contribution in [0.2, 0.25) is 0 Å². The number of amides is 2. The minimum atomic E-state index is -0.940. The van der Waals surface area contributed by atoms with Gasteiger partial charge < -0.3 is 24.8 Å². The quantitative estimate of drug-likeness (QED) is 0.342. The number of halogens is 1. The molecule has 1 saturated carbocycles. The minimum absolute atomic E-state index is 0.00713. The van der Waals surface area contributed by atoms with E-state index in [2.05, 4.69) is 12.2 Å².